The zero-order valence-corrected chi connectivity index (χ0v) is 14.4. The van der Waals surface area contributed by atoms with Gasteiger partial charge in [0.05, 0.1) is 17.2 Å². The van der Waals surface area contributed by atoms with E-state index < -0.39 is 15.9 Å². The van der Waals surface area contributed by atoms with Gasteiger partial charge in [0.15, 0.2) is 0 Å². The molecule has 1 amide bonds. The lowest BCUT2D eigenvalue weighted by Gasteiger charge is -2.16. The first-order chi connectivity index (χ1) is 10.8. The fourth-order valence-electron chi connectivity index (χ4n) is 2.19. The number of likely N-dealkylation sites (N-methyl/N-ethyl adjacent to an activating group) is 1. The molecule has 0 radical (unpaired) electrons. The number of hydrogen-bond donors (Lipinski definition) is 1. The van der Waals surface area contributed by atoms with Crippen LogP contribution in [0.15, 0.2) is 45.9 Å². The Labute approximate surface area is 136 Å². The first-order valence-corrected chi connectivity index (χ1v) is 8.78. The van der Waals surface area contributed by atoms with Crippen molar-refractivity contribution in [2.45, 2.75) is 31.6 Å². The Bertz CT molecular complexity index is 749. The van der Waals surface area contributed by atoms with Gasteiger partial charge in [0.1, 0.15) is 0 Å². The molecule has 1 N–H and O–H groups in total. The number of amides is 1. The number of nitrogens with one attached hydrogen (secondary N) is 1. The van der Waals surface area contributed by atoms with Crippen LogP contribution in [0, 0.1) is 6.92 Å². The summed E-state index contributed by atoms with van der Waals surface area (Å²) in [7, 11) is -2.31. The zero-order chi connectivity index (χ0) is 17.0. The monoisotopic (exact) mass is 335 g/mol. The minimum atomic E-state index is -3.68. The summed E-state index contributed by atoms with van der Waals surface area (Å²) < 4.78 is 25.8. The molecule has 0 saturated heterocycles. The van der Waals surface area contributed by atoms with Gasteiger partial charge in [0, 0.05) is 7.05 Å². The van der Waals surface area contributed by atoms with E-state index in [1.165, 1.54) is 24.8 Å². The van der Waals surface area contributed by atoms with Crippen molar-refractivity contribution in [2.75, 3.05) is 13.6 Å². The largest absolute Gasteiger partial charge is 0.272 e. The van der Waals surface area contributed by atoms with Gasteiger partial charge >= 0.3 is 0 Å². The summed E-state index contributed by atoms with van der Waals surface area (Å²) in [5, 5.41) is 4.01. The van der Waals surface area contributed by atoms with Crippen molar-refractivity contribution in [2.24, 2.45) is 5.10 Å². The topological polar surface area (TPSA) is 78.8 Å². The Hall–Kier alpha value is -1.99. The maximum absolute atomic E-state index is 12.4. The molecule has 0 spiro atoms. The summed E-state index contributed by atoms with van der Waals surface area (Å²) in [4.78, 5) is 12.0. The molecule has 7 heteroatoms. The molecule has 6 nitrogen and oxygen atoms in total. The maximum atomic E-state index is 12.4. The molecule has 2 rings (SSSR count). The number of carbonyl (C=O) groups is 1. The van der Waals surface area contributed by atoms with Crippen LogP contribution in [0.25, 0.3) is 0 Å². The van der Waals surface area contributed by atoms with Gasteiger partial charge in [-0.2, -0.15) is 9.41 Å². The predicted octanol–water partition coefficient (Wildman–Crippen LogP) is 1.83. The minimum absolute atomic E-state index is 0.166. The van der Waals surface area contributed by atoms with Gasteiger partial charge < -0.3 is 0 Å². The quantitative estimate of drug-likeness (QED) is 0.834. The molecule has 1 aliphatic carbocycles. The van der Waals surface area contributed by atoms with E-state index in [4.69, 9.17) is 0 Å². The Morgan fingerprint density at radius 2 is 1.87 bits per heavy atom. The first kappa shape index (κ1) is 17.4. The number of sulfonamides is 1. The van der Waals surface area contributed by atoms with Gasteiger partial charge in [-0.25, -0.2) is 13.8 Å². The number of hydrogen-bond acceptors (Lipinski definition) is 4. The van der Waals surface area contributed by atoms with Crippen molar-refractivity contribution >= 4 is 21.6 Å². The molecule has 0 heterocycles. The maximum Gasteiger partial charge on any atom is 0.255 e. The minimum Gasteiger partial charge on any atom is -0.272 e. The first-order valence-electron chi connectivity index (χ1n) is 7.34. The van der Waals surface area contributed by atoms with Gasteiger partial charge in [0.2, 0.25) is 10.0 Å². The number of rotatable bonds is 5. The molecule has 23 heavy (non-hydrogen) atoms. The van der Waals surface area contributed by atoms with Crippen LogP contribution in [0.3, 0.4) is 0 Å². The van der Waals surface area contributed by atoms with Crippen molar-refractivity contribution in [3.8, 4) is 0 Å². The third-order valence-corrected chi connectivity index (χ3v) is 5.43. The third-order valence-electron chi connectivity index (χ3n) is 3.61. The van der Waals surface area contributed by atoms with Crippen LogP contribution in [0.4, 0.5) is 0 Å². The third kappa shape index (κ3) is 4.49. The van der Waals surface area contributed by atoms with Gasteiger partial charge in [-0.3, -0.25) is 4.79 Å². The van der Waals surface area contributed by atoms with E-state index >= 15 is 0 Å². The van der Waals surface area contributed by atoms with E-state index in [0.29, 0.717) is 0 Å². The summed E-state index contributed by atoms with van der Waals surface area (Å²) in [6.07, 6.45) is 3.66. The molecule has 1 aromatic rings. The fraction of sp³-hybridized carbons (Fsp3) is 0.375. The Balaban J connectivity index is 1.99. The molecule has 0 bridgehead atoms. The summed E-state index contributed by atoms with van der Waals surface area (Å²) in [6.45, 7) is 3.61. The highest BCUT2D eigenvalue weighted by Gasteiger charge is 2.22. The molecule has 124 valence electrons. The Morgan fingerprint density at radius 3 is 2.43 bits per heavy atom. The lowest BCUT2D eigenvalue weighted by atomic mass is 10.2. The molecule has 0 aromatic heterocycles. The lowest BCUT2D eigenvalue weighted by Crippen LogP contribution is -2.36. The highest BCUT2D eigenvalue weighted by molar-refractivity contribution is 7.89. The Morgan fingerprint density at radius 1 is 1.22 bits per heavy atom. The van der Waals surface area contributed by atoms with Crippen molar-refractivity contribution in [1.29, 1.82) is 0 Å². The van der Waals surface area contributed by atoms with Crippen LogP contribution in [0.2, 0.25) is 0 Å². The molecule has 0 unspecified atom stereocenters. The van der Waals surface area contributed by atoms with Gasteiger partial charge in [0.25, 0.3) is 5.91 Å². The summed E-state index contributed by atoms with van der Waals surface area (Å²) in [5.41, 5.74) is 5.40. The van der Waals surface area contributed by atoms with Gasteiger partial charge in [-0.1, -0.05) is 23.3 Å². The number of hydrazone groups is 1. The van der Waals surface area contributed by atoms with E-state index in [9.17, 15) is 13.2 Å². The number of carbonyl (C=O) groups excluding carboxylic acids is 1. The van der Waals surface area contributed by atoms with Crippen molar-refractivity contribution in [1.82, 2.24) is 9.73 Å². The molecule has 0 atom stereocenters. The second-order valence-corrected chi connectivity index (χ2v) is 7.75. The average molecular weight is 335 g/mol. The van der Waals surface area contributed by atoms with E-state index in [2.05, 4.69) is 10.5 Å². The summed E-state index contributed by atoms with van der Waals surface area (Å²) in [6, 6.07) is 6.51. The predicted molar refractivity (Wildman–Crippen MR) is 89.6 cm³/mol. The van der Waals surface area contributed by atoms with Gasteiger partial charge in [-0.15, -0.1) is 0 Å². The highest BCUT2D eigenvalue weighted by atomic mass is 32.2. The number of benzene rings is 1. The molecular formula is C16H21N3O3S. The zero-order valence-electron chi connectivity index (χ0n) is 13.5. The van der Waals surface area contributed by atoms with Gasteiger partial charge in [-0.05, 0) is 44.9 Å². The Kier molecular flexibility index (Phi) is 5.33. The van der Waals surface area contributed by atoms with Crippen LogP contribution < -0.4 is 5.43 Å². The molecule has 0 saturated carbocycles. The second-order valence-electron chi connectivity index (χ2n) is 5.70. The average Bonchev–Trinajstić information content (AvgIpc) is 2.91. The van der Waals surface area contributed by atoms with Crippen LogP contribution in [-0.2, 0) is 14.8 Å². The van der Waals surface area contributed by atoms with E-state index in [1.54, 1.807) is 12.1 Å². The molecule has 1 aromatic carbocycles. The van der Waals surface area contributed by atoms with Crippen LogP contribution >= 0.6 is 0 Å². The van der Waals surface area contributed by atoms with E-state index in [0.717, 1.165) is 28.4 Å². The molecule has 0 fully saturated rings. The smallest absolute Gasteiger partial charge is 0.255 e. The van der Waals surface area contributed by atoms with Crippen LogP contribution in [-0.4, -0.2) is 37.9 Å². The summed E-state index contributed by atoms with van der Waals surface area (Å²) >= 11 is 0. The standard InChI is InChI=1S/C16H21N3O3S/c1-12-5-8-15(9-6-12)23(21,22)19(3)11-16(20)18-17-14-7-4-13(2)10-14/h5-6,8-10H,4,7,11H2,1-3H3,(H,18,20)/b17-14+. The number of nitrogens with zero attached hydrogens (tertiary/aromatic N) is 2. The highest BCUT2D eigenvalue weighted by Crippen LogP contribution is 2.15. The second kappa shape index (κ2) is 7.06. The molecule has 0 aliphatic heterocycles. The normalized spacial score (nSPS) is 16.7. The summed E-state index contributed by atoms with van der Waals surface area (Å²) in [5.74, 6) is -0.464. The lowest BCUT2D eigenvalue weighted by molar-refractivity contribution is -0.121. The van der Waals surface area contributed by atoms with Crippen LogP contribution in [0.5, 0.6) is 0 Å². The van der Waals surface area contributed by atoms with Crippen molar-refractivity contribution in [3.63, 3.8) is 0 Å². The fourth-order valence-corrected chi connectivity index (χ4v) is 3.32. The van der Waals surface area contributed by atoms with Crippen LogP contribution in [0.1, 0.15) is 25.3 Å². The van der Waals surface area contributed by atoms with E-state index in [-0.39, 0.29) is 11.4 Å². The number of aryl methyl sites for hydroxylation is 1. The van der Waals surface area contributed by atoms with Crippen molar-refractivity contribution in [3.05, 3.63) is 41.5 Å². The number of allylic oxidation sites excluding steroid dienone is 2. The SMILES string of the molecule is CC1=C/C(=N/NC(=O)CN(C)S(=O)(=O)c2ccc(C)cc2)CC1. The molecule has 1 aliphatic rings. The van der Waals surface area contributed by atoms with E-state index in [1.807, 2.05) is 19.9 Å². The van der Waals surface area contributed by atoms with Crippen molar-refractivity contribution < 1.29 is 13.2 Å². The molecular weight excluding hydrogens is 314 g/mol.